The summed E-state index contributed by atoms with van der Waals surface area (Å²) in [6.07, 6.45) is 7.82. The zero-order valence-corrected chi connectivity index (χ0v) is 17.3. The van der Waals surface area contributed by atoms with Gasteiger partial charge in [0.05, 0.1) is 5.25 Å². The van der Waals surface area contributed by atoms with Gasteiger partial charge in [0.15, 0.2) is 5.13 Å². The maximum absolute atomic E-state index is 12.7. The van der Waals surface area contributed by atoms with Crippen LogP contribution >= 0.6 is 34.9 Å². The van der Waals surface area contributed by atoms with E-state index in [1.165, 1.54) is 36.2 Å². The van der Waals surface area contributed by atoms with Gasteiger partial charge in [-0.1, -0.05) is 32.0 Å². The number of fused-ring (bicyclic) bond motifs is 3. The number of amides is 1. The summed E-state index contributed by atoms with van der Waals surface area (Å²) in [5.74, 6) is 1.32. The monoisotopic (exact) mass is 406 g/mol. The molecule has 4 atom stereocenters. The molecule has 1 N–H and O–H groups in total. The van der Waals surface area contributed by atoms with Gasteiger partial charge in [-0.3, -0.25) is 4.79 Å². The SMILES string of the molecule is CCC(Sc1ncnc2c1C1CCC(C)CC1S2)C(=O)Nc1nccs1. The van der Waals surface area contributed by atoms with Gasteiger partial charge in [-0.25, -0.2) is 15.0 Å². The summed E-state index contributed by atoms with van der Waals surface area (Å²) >= 11 is 4.93. The molecule has 3 heterocycles. The largest absolute Gasteiger partial charge is 0.301 e. The Hall–Kier alpha value is -1.12. The Kier molecular flexibility index (Phi) is 5.52. The van der Waals surface area contributed by atoms with Crippen molar-refractivity contribution < 1.29 is 4.79 Å². The summed E-state index contributed by atoms with van der Waals surface area (Å²) in [6, 6.07) is 0. The number of nitrogens with one attached hydrogen (secondary N) is 1. The quantitative estimate of drug-likeness (QED) is 0.567. The molecule has 1 aliphatic carbocycles. The van der Waals surface area contributed by atoms with Crippen LogP contribution in [0, 0.1) is 5.92 Å². The normalized spacial score (nSPS) is 25.4. The summed E-state index contributed by atoms with van der Waals surface area (Å²) in [4.78, 5) is 25.9. The second-order valence-electron chi connectivity index (χ2n) is 6.92. The lowest BCUT2D eigenvalue weighted by molar-refractivity contribution is -0.115. The van der Waals surface area contributed by atoms with E-state index in [0.29, 0.717) is 16.3 Å². The highest BCUT2D eigenvalue weighted by atomic mass is 32.2. The molecule has 1 saturated carbocycles. The molecule has 1 aliphatic heterocycles. The zero-order chi connectivity index (χ0) is 18.1. The van der Waals surface area contributed by atoms with Crippen molar-refractivity contribution in [3.8, 4) is 0 Å². The Morgan fingerprint density at radius 2 is 2.27 bits per heavy atom. The van der Waals surface area contributed by atoms with E-state index in [0.717, 1.165) is 22.4 Å². The number of carbonyl (C=O) groups excluding carboxylic acids is 1. The van der Waals surface area contributed by atoms with Gasteiger partial charge in [-0.05, 0) is 25.2 Å². The number of rotatable bonds is 5. The highest BCUT2D eigenvalue weighted by molar-refractivity contribution is 8.01. The van der Waals surface area contributed by atoms with Crippen molar-refractivity contribution in [3.05, 3.63) is 23.5 Å². The summed E-state index contributed by atoms with van der Waals surface area (Å²) in [5.41, 5.74) is 1.29. The third kappa shape index (κ3) is 3.64. The van der Waals surface area contributed by atoms with Crippen LogP contribution in [0.15, 0.2) is 28.0 Å². The van der Waals surface area contributed by atoms with Crippen LogP contribution in [0.4, 0.5) is 5.13 Å². The number of anilines is 1. The molecule has 4 rings (SSSR count). The van der Waals surface area contributed by atoms with Crippen LogP contribution in [0.25, 0.3) is 0 Å². The molecular weight excluding hydrogens is 384 g/mol. The molecule has 138 valence electrons. The zero-order valence-electron chi connectivity index (χ0n) is 14.8. The molecule has 2 aromatic rings. The van der Waals surface area contributed by atoms with E-state index in [-0.39, 0.29) is 11.2 Å². The van der Waals surface area contributed by atoms with Gasteiger partial charge >= 0.3 is 0 Å². The van der Waals surface area contributed by atoms with Crippen molar-refractivity contribution in [3.63, 3.8) is 0 Å². The predicted octanol–water partition coefficient (Wildman–Crippen LogP) is 4.82. The van der Waals surface area contributed by atoms with Gasteiger partial charge in [-0.2, -0.15) is 0 Å². The average molecular weight is 407 g/mol. The van der Waals surface area contributed by atoms with Crippen LogP contribution in [0.1, 0.15) is 51.0 Å². The number of hydrogen-bond acceptors (Lipinski definition) is 7. The van der Waals surface area contributed by atoms with Crippen LogP contribution < -0.4 is 5.32 Å². The number of thioether (sulfide) groups is 2. The van der Waals surface area contributed by atoms with Crippen LogP contribution in [0.5, 0.6) is 0 Å². The molecule has 4 unspecified atom stereocenters. The molecular formula is C18H22N4OS3. The molecule has 2 aromatic heterocycles. The Bertz CT molecular complexity index is 783. The van der Waals surface area contributed by atoms with Gasteiger partial charge in [-0.15, -0.1) is 23.1 Å². The Labute approximate surface area is 166 Å². The maximum atomic E-state index is 12.7. The number of hydrogen-bond donors (Lipinski definition) is 1. The second-order valence-corrected chi connectivity index (χ2v) is 10.2. The van der Waals surface area contributed by atoms with Gasteiger partial charge in [0, 0.05) is 28.3 Å². The van der Waals surface area contributed by atoms with E-state index in [1.54, 1.807) is 24.3 Å². The first kappa shape index (κ1) is 18.3. The van der Waals surface area contributed by atoms with Crippen molar-refractivity contribution in [2.45, 2.75) is 66.0 Å². The van der Waals surface area contributed by atoms with Crippen LogP contribution in [-0.4, -0.2) is 31.4 Å². The molecule has 26 heavy (non-hydrogen) atoms. The lowest BCUT2D eigenvalue weighted by atomic mass is 9.80. The van der Waals surface area contributed by atoms with Gasteiger partial charge in [0.1, 0.15) is 16.4 Å². The first-order valence-electron chi connectivity index (χ1n) is 9.04. The molecule has 1 fully saturated rings. The highest BCUT2D eigenvalue weighted by Gasteiger charge is 2.40. The third-order valence-electron chi connectivity index (χ3n) is 5.08. The van der Waals surface area contributed by atoms with E-state index in [4.69, 9.17) is 0 Å². The minimum absolute atomic E-state index is 0.000668. The average Bonchev–Trinajstić information content (AvgIpc) is 3.26. The third-order valence-corrected chi connectivity index (χ3v) is 8.52. The van der Waals surface area contributed by atoms with Gasteiger partial charge in [0.2, 0.25) is 5.91 Å². The van der Waals surface area contributed by atoms with E-state index in [9.17, 15) is 4.79 Å². The van der Waals surface area contributed by atoms with Crippen molar-refractivity contribution in [1.29, 1.82) is 0 Å². The fraction of sp³-hybridized carbons (Fsp3) is 0.556. The molecule has 0 saturated heterocycles. The fourth-order valence-corrected chi connectivity index (χ4v) is 7.04. The van der Waals surface area contributed by atoms with Gasteiger partial charge < -0.3 is 5.32 Å². The van der Waals surface area contributed by atoms with E-state index in [2.05, 4.69) is 27.2 Å². The fourth-order valence-electron chi connectivity index (χ4n) is 3.73. The van der Waals surface area contributed by atoms with Crippen molar-refractivity contribution in [1.82, 2.24) is 15.0 Å². The Morgan fingerprint density at radius 1 is 1.38 bits per heavy atom. The number of nitrogens with zero attached hydrogens (tertiary/aromatic N) is 3. The molecule has 1 amide bonds. The van der Waals surface area contributed by atoms with Crippen molar-refractivity contribution in [2.24, 2.45) is 5.92 Å². The van der Waals surface area contributed by atoms with Gasteiger partial charge in [0.25, 0.3) is 0 Å². The van der Waals surface area contributed by atoms with E-state index in [1.807, 2.05) is 24.1 Å². The molecule has 2 aliphatic rings. The maximum Gasteiger partial charge on any atom is 0.239 e. The van der Waals surface area contributed by atoms with Crippen molar-refractivity contribution >= 4 is 45.9 Å². The number of aromatic nitrogens is 3. The Morgan fingerprint density at radius 3 is 3.04 bits per heavy atom. The molecule has 5 nitrogen and oxygen atoms in total. The molecule has 8 heteroatoms. The molecule has 0 aromatic carbocycles. The summed E-state index contributed by atoms with van der Waals surface area (Å²) < 4.78 is 0. The highest BCUT2D eigenvalue weighted by Crippen LogP contribution is 2.54. The van der Waals surface area contributed by atoms with Crippen molar-refractivity contribution in [2.75, 3.05) is 5.32 Å². The first-order valence-corrected chi connectivity index (χ1v) is 11.7. The minimum Gasteiger partial charge on any atom is -0.301 e. The smallest absolute Gasteiger partial charge is 0.239 e. The second kappa shape index (κ2) is 7.86. The topological polar surface area (TPSA) is 67.8 Å². The van der Waals surface area contributed by atoms with E-state index >= 15 is 0 Å². The van der Waals surface area contributed by atoms with Crippen LogP contribution in [0.2, 0.25) is 0 Å². The molecule has 0 radical (unpaired) electrons. The van der Waals surface area contributed by atoms with Crippen LogP contribution in [0.3, 0.4) is 0 Å². The lowest BCUT2D eigenvalue weighted by Gasteiger charge is -2.29. The minimum atomic E-state index is -0.176. The number of carbonyl (C=O) groups is 1. The summed E-state index contributed by atoms with van der Waals surface area (Å²) in [5, 5.41) is 8.00. The van der Waals surface area contributed by atoms with Crippen LogP contribution in [-0.2, 0) is 4.79 Å². The molecule has 0 spiro atoms. The predicted molar refractivity (Wildman–Crippen MR) is 108 cm³/mol. The molecule has 0 bridgehead atoms. The number of thiazole rings is 1. The summed E-state index contributed by atoms with van der Waals surface area (Å²) in [7, 11) is 0. The first-order chi connectivity index (χ1) is 12.7. The Balaban J connectivity index is 1.53. The summed E-state index contributed by atoms with van der Waals surface area (Å²) in [6.45, 7) is 4.39. The van der Waals surface area contributed by atoms with E-state index < -0.39 is 0 Å². The standard InChI is InChI=1S/C18H22N4OS3/c1-3-12(15(23)22-18-19-6-7-24-18)25-16-14-11-5-4-10(2)8-13(11)26-17(14)21-9-20-16/h6-7,9-13H,3-5,8H2,1-2H3,(H,19,22,23). The lowest BCUT2D eigenvalue weighted by Crippen LogP contribution is -2.25.